The second kappa shape index (κ2) is 5.30. The Morgan fingerprint density at radius 2 is 2.05 bits per heavy atom. The van der Waals surface area contributed by atoms with Crippen LogP contribution in [0.15, 0.2) is 38.7 Å². The summed E-state index contributed by atoms with van der Waals surface area (Å²) in [7, 11) is 1.91. The summed E-state index contributed by atoms with van der Waals surface area (Å²) >= 11 is 14.3. The van der Waals surface area contributed by atoms with Gasteiger partial charge in [-0.05, 0) is 50.1 Å². The van der Waals surface area contributed by atoms with Gasteiger partial charge in [-0.1, -0.05) is 17.7 Å². The van der Waals surface area contributed by atoms with E-state index in [2.05, 4.69) is 31.9 Å². The normalized spacial score (nSPS) is 11.2. The van der Waals surface area contributed by atoms with Crippen molar-refractivity contribution in [1.29, 1.82) is 0 Å². The van der Waals surface area contributed by atoms with E-state index in [1.165, 1.54) is 11.3 Å². The molecule has 0 saturated carbocycles. The fraction of sp³-hybridized carbons (Fsp3) is 0.0714. The first-order chi connectivity index (χ1) is 9.47. The SMILES string of the molecule is Cn1cc(C(=O)c2cc(Br)c(Br)s2)c2ccc(Cl)cc21. The molecule has 20 heavy (non-hydrogen) atoms. The van der Waals surface area contributed by atoms with Crippen LogP contribution in [0.5, 0.6) is 0 Å². The van der Waals surface area contributed by atoms with Gasteiger partial charge in [0.2, 0.25) is 5.78 Å². The van der Waals surface area contributed by atoms with E-state index < -0.39 is 0 Å². The van der Waals surface area contributed by atoms with Gasteiger partial charge in [-0.3, -0.25) is 4.79 Å². The molecule has 0 aliphatic rings. The first-order valence-electron chi connectivity index (χ1n) is 5.71. The number of fused-ring (bicyclic) bond motifs is 1. The van der Waals surface area contributed by atoms with Crippen LogP contribution in [-0.2, 0) is 7.05 Å². The topological polar surface area (TPSA) is 22.0 Å². The van der Waals surface area contributed by atoms with Crippen LogP contribution in [0.2, 0.25) is 5.02 Å². The van der Waals surface area contributed by atoms with Crippen molar-refractivity contribution in [1.82, 2.24) is 4.57 Å². The van der Waals surface area contributed by atoms with Gasteiger partial charge in [0, 0.05) is 39.2 Å². The van der Waals surface area contributed by atoms with Crippen LogP contribution in [0.1, 0.15) is 15.2 Å². The van der Waals surface area contributed by atoms with Crippen molar-refractivity contribution in [2.75, 3.05) is 0 Å². The van der Waals surface area contributed by atoms with Gasteiger partial charge in [0.15, 0.2) is 0 Å². The number of ketones is 1. The van der Waals surface area contributed by atoms with E-state index in [1.807, 2.05) is 36.0 Å². The summed E-state index contributed by atoms with van der Waals surface area (Å²) in [5.41, 5.74) is 1.65. The summed E-state index contributed by atoms with van der Waals surface area (Å²) in [6.45, 7) is 0. The largest absolute Gasteiger partial charge is 0.350 e. The predicted octanol–water partition coefficient (Wildman–Crippen LogP) is 5.65. The molecule has 1 aromatic carbocycles. The molecule has 0 aliphatic heterocycles. The monoisotopic (exact) mass is 431 g/mol. The fourth-order valence-electron chi connectivity index (χ4n) is 2.13. The molecule has 0 atom stereocenters. The summed E-state index contributed by atoms with van der Waals surface area (Å²) in [4.78, 5) is 13.3. The minimum atomic E-state index is 0.0225. The van der Waals surface area contributed by atoms with Crippen molar-refractivity contribution in [3.63, 3.8) is 0 Å². The van der Waals surface area contributed by atoms with Gasteiger partial charge in [0.25, 0.3) is 0 Å². The maximum absolute atomic E-state index is 12.6. The summed E-state index contributed by atoms with van der Waals surface area (Å²) in [5.74, 6) is 0.0225. The first kappa shape index (κ1) is 14.3. The highest BCUT2D eigenvalue weighted by atomic mass is 79.9. The molecule has 3 aromatic rings. The molecule has 0 N–H and O–H groups in total. The lowest BCUT2D eigenvalue weighted by atomic mass is 10.1. The average Bonchev–Trinajstić information content (AvgIpc) is 2.91. The van der Waals surface area contributed by atoms with Crippen LogP contribution in [0.3, 0.4) is 0 Å². The zero-order chi connectivity index (χ0) is 14.4. The smallest absolute Gasteiger partial charge is 0.205 e. The van der Waals surface area contributed by atoms with Gasteiger partial charge in [0.05, 0.1) is 8.66 Å². The standard InChI is InChI=1S/C14H8Br2ClNOS/c1-18-6-9(8-3-2-7(17)4-11(8)18)13(19)12-5-10(15)14(16)20-12/h2-6H,1H3. The van der Waals surface area contributed by atoms with Crippen LogP contribution < -0.4 is 0 Å². The van der Waals surface area contributed by atoms with E-state index in [9.17, 15) is 4.79 Å². The number of halogens is 3. The average molecular weight is 434 g/mol. The minimum absolute atomic E-state index is 0.0225. The quantitative estimate of drug-likeness (QED) is 0.479. The Balaban J connectivity index is 2.17. The van der Waals surface area contributed by atoms with E-state index in [0.717, 1.165) is 19.2 Å². The number of carbonyl (C=O) groups excluding carboxylic acids is 1. The Morgan fingerprint density at radius 3 is 2.70 bits per heavy atom. The zero-order valence-corrected chi connectivity index (χ0v) is 15.0. The second-order valence-electron chi connectivity index (χ2n) is 4.38. The summed E-state index contributed by atoms with van der Waals surface area (Å²) in [6.07, 6.45) is 1.85. The number of aromatic nitrogens is 1. The van der Waals surface area contributed by atoms with Crippen molar-refractivity contribution >= 4 is 71.5 Å². The molecule has 0 amide bonds. The summed E-state index contributed by atoms with van der Waals surface area (Å²) in [6, 6.07) is 7.41. The molecular formula is C14H8Br2ClNOS. The van der Waals surface area contributed by atoms with Crippen LogP contribution in [0, 0.1) is 0 Å². The van der Waals surface area contributed by atoms with E-state index in [1.54, 1.807) is 6.07 Å². The predicted molar refractivity (Wildman–Crippen MR) is 91.1 cm³/mol. The van der Waals surface area contributed by atoms with Crippen LogP contribution in [0.25, 0.3) is 10.9 Å². The Labute approximate surface area is 141 Å². The van der Waals surface area contributed by atoms with Crippen molar-refractivity contribution in [2.45, 2.75) is 0 Å². The molecule has 6 heteroatoms. The van der Waals surface area contributed by atoms with E-state index in [-0.39, 0.29) is 5.78 Å². The molecule has 2 nitrogen and oxygen atoms in total. The number of nitrogens with zero attached hydrogens (tertiary/aromatic N) is 1. The molecule has 0 fully saturated rings. The lowest BCUT2D eigenvalue weighted by Gasteiger charge is -1.97. The molecule has 102 valence electrons. The maximum atomic E-state index is 12.6. The fourth-order valence-corrected chi connectivity index (χ4v) is 4.29. The highest BCUT2D eigenvalue weighted by molar-refractivity contribution is 9.13. The second-order valence-corrected chi connectivity index (χ2v) is 8.04. The third-order valence-corrected chi connectivity index (χ3v) is 6.56. The maximum Gasteiger partial charge on any atom is 0.205 e. The minimum Gasteiger partial charge on any atom is -0.350 e. The summed E-state index contributed by atoms with van der Waals surface area (Å²) < 4.78 is 3.74. The zero-order valence-electron chi connectivity index (χ0n) is 10.3. The number of carbonyl (C=O) groups is 1. The van der Waals surface area contributed by atoms with Crippen molar-refractivity contribution in [3.8, 4) is 0 Å². The number of thiophene rings is 1. The van der Waals surface area contributed by atoms with Crippen molar-refractivity contribution in [2.24, 2.45) is 7.05 Å². The van der Waals surface area contributed by atoms with E-state index in [0.29, 0.717) is 15.5 Å². The first-order valence-corrected chi connectivity index (χ1v) is 8.49. The van der Waals surface area contributed by atoms with Crippen molar-refractivity contribution in [3.05, 3.63) is 54.2 Å². The molecule has 0 unspecified atom stereocenters. The molecule has 0 saturated heterocycles. The van der Waals surface area contributed by atoms with Gasteiger partial charge in [0.1, 0.15) is 0 Å². The Bertz CT molecular complexity index is 818. The molecule has 0 aliphatic carbocycles. The molecule has 0 spiro atoms. The van der Waals surface area contributed by atoms with E-state index >= 15 is 0 Å². The molecule has 0 bridgehead atoms. The van der Waals surface area contributed by atoms with Crippen LogP contribution in [0.4, 0.5) is 0 Å². The number of benzene rings is 1. The third kappa shape index (κ3) is 2.37. The van der Waals surface area contributed by atoms with Gasteiger partial charge in [-0.15, -0.1) is 11.3 Å². The highest BCUT2D eigenvalue weighted by Crippen LogP contribution is 2.35. The van der Waals surface area contributed by atoms with Gasteiger partial charge in [-0.2, -0.15) is 0 Å². The molecule has 2 aromatic heterocycles. The molecule has 0 radical (unpaired) electrons. The Hall–Kier alpha value is -0.620. The third-order valence-electron chi connectivity index (χ3n) is 3.07. The van der Waals surface area contributed by atoms with Gasteiger partial charge in [-0.25, -0.2) is 0 Å². The molecule has 3 rings (SSSR count). The number of hydrogen-bond acceptors (Lipinski definition) is 2. The number of rotatable bonds is 2. The van der Waals surface area contributed by atoms with Gasteiger partial charge >= 0.3 is 0 Å². The van der Waals surface area contributed by atoms with Crippen molar-refractivity contribution < 1.29 is 4.79 Å². The van der Waals surface area contributed by atoms with Crippen LogP contribution >= 0.6 is 54.8 Å². The van der Waals surface area contributed by atoms with Crippen LogP contribution in [-0.4, -0.2) is 10.4 Å². The molecular weight excluding hydrogens is 425 g/mol. The lowest BCUT2D eigenvalue weighted by Crippen LogP contribution is -1.97. The number of aryl methyl sites for hydroxylation is 1. The number of hydrogen-bond donors (Lipinski definition) is 0. The van der Waals surface area contributed by atoms with Gasteiger partial charge < -0.3 is 4.57 Å². The Kier molecular flexibility index (Phi) is 3.79. The molecule has 2 heterocycles. The Morgan fingerprint density at radius 1 is 1.30 bits per heavy atom. The summed E-state index contributed by atoms with van der Waals surface area (Å²) in [5, 5.41) is 1.59. The van der Waals surface area contributed by atoms with E-state index in [4.69, 9.17) is 11.6 Å². The lowest BCUT2D eigenvalue weighted by molar-refractivity contribution is 0.104. The highest BCUT2D eigenvalue weighted by Gasteiger charge is 2.18.